The van der Waals surface area contributed by atoms with E-state index in [1.807, 2.05) is 4.90 Å². The third-order valence-corrected chi connectivity index (χ3v) is 4.02. The lowest BCUT2D eigenvalue weighted by molar-refractivity contribution is -0.140. The van der Waals surface area contributed by atoms with Gasteiger partial charge in [-0.2, -0.15) is 0 Å². The van der Waals surface area contributed by atoms with Crippen LogP contribution in [0.3, 0.4) is 0 Å². The van der Waals surface area contributed by atoms with Crippen molar-refractivity contribution in [3.8, 4) is 0 Å². The van der Waals surface area contributed by atoms with Crippen LogP contribution in [-0.2, 0) is 9.53 Å². The Morgan fingerprint density at radius 3 is 2.39 bits per heavy atom. The van der Waals surface area contributed by atoms with Crippen LogP contribution in [0.4, 0.5) is 0 Å². The molecule has 0 bridgehead atoms. The zero-order valence-electron chi connectivity index (χ0n) is 11.3. The highest BCUT2D eigenvalue weighted by molar-refractivity contribution is 5.77. The summed E-state index contributed by atoms with van der Waals surface area (Å²) >= 11 is 0. The van der Waals surface area contributed by atoms with Crippen LogP contribution >= 0.6 is 0 Å². The molecule has 2 fully saturated rings. The average molecular weight is 255 g/mol. The quantitative estimate of drug-likeness (QED) is 0.774. The van der Waals surface area contributed by atoms with Gasteiger partial charge in [0.2, 0.25) is 5.91 Å². The van der Waals surface area contributed by atoms with Crippen LogP contribution in [-0.4, -0.2) is 67.7 Å². The number of piperazine rings is 1. The lowest BCUT2D eigenvalue weighted by Crippen LogP contribution is -2.48. The van der Waals surface area contributed by atoms with E-state index in [2.05, 4.69) is 11.9 Å². The number of hydrogen-bond donors (Lipinski definition) is 1. The summed E-state index contributed by atoms with van der Waals surface area (Å²) in [6.45, 7) is 3.82. The molecule has 1 aliphatic heterocycles. The van der Waals surface area contributed by atoms with Crippen molar-refractivity contribution in [3.05, 3.63) is 0 Å². The van der Waals surface area contributed by atoms with Crippen LogP contribution in [0, 0.1) is 0 Å². The van der Waals surface area contributed by atoms with E-state index in [-0.39, 0.29) is 18.6 Å². The lowest BCUT2D eigenvalue weighted by Gasteiger charge is -2.33. The van der Waals surface area contributed by atoms with Crippen molar-refractivity contribution in [1.82, 2.24) is 9.80 Å². The molecule has 0 spiro atoms. The number of nitrogens with zero attached hydrogens (tertiary/aromatic N) is 2. The van der Waals surface area contributed by atoms with E-state index in [0.717, 1.165) is 51.9 Å². The van der Waals surface area contributed by atoms with Gasteiger partial charge in [0.05, 0.1) is 6.10 Å². The van der Waals surface area contributed by atoms with E-state index < -0.39 is 0 Å². The first-order chi connectivity index (χ1) is 8.65. The first kappa shape index (κ1) is 13.8. The molecule has 18 heavy (non-hydrogen) atoms. The molecule has 1 saturated carbocycles. The van der Waals surface area contributed by atoms with Gasteiger partial charge in [-0.3, -0.25) is 4.79 Å². The maximum atomic E-state index is 12.0. The van der Waals surface area contributed by atoms with Crippen molar-refractivity contribution in [2.24, 2.45) is 5.73 Å². The van der Waals surface area contributed by atoms with Gasteiger partial charge < -0.3 is 20.3 Å². The van der Waals surface area contributed by atoms with Crippen molar-refractivity contribution in [2.45, 2.75) is 37.8 Å². The Balaban J connectivity index is 1.65. The molecule has 2 N–H and O–H groups in total. The number of carbonyl (C=O) groups is 1. The fourth-order valence-corrected chi connectivity index (χ4v) is 2.59. The molecular weight excluding hydrogens is 230 g/mol. The van der Waals surface area contributed by atoms with Crippen molar-refractivity contribution >= 4 is 5.91 Å². The van der Waals surface area contributed by atoms with E-state index in [0.29, 0.717) is 6.04 Å². The summed E-state index contributed by atoms with van der Waals surface area (Å²) in [6.07, 6.45) is 4.27. The predicted octanol–water partition coefficient (Wildman–Crippen LogP) is 0.0469. The van der Waals surface area contributed by atoms with E-state index in [9.17, 15) is 4.79 Å². The molecule has 104 valence electrons. The Kier molecular flexibility index (Phi) is 4.97. The van der Waals surface area contributed by atoms with Gasteiger partial charge in [-0.15, -0.1) is 0 Å². The maximum Gasteiger partial charge on any atom is 0.248 e. The Hall–Kier alpha value is -0.650. The molecule has 0 aromatic carbocycles. The smallest absolute Gasteiger partial charge is 0.248 e. The largest absolute Gasteiger partial charge is 0.368 e. The fraction of sp³-hybridized carbons (Fsp3) is 0.923. The number of hydrogen-bond acceptors (Lipinski definition) is 4. The zero-order valence-corrected chi connectivity index (χ0v) is 11.3. The Labute approximate surface area is 109 Å². The topological polar surface area (TPSA) is 58.8 Å². The highest BCUT2D eigenvalue weighted by Gasteiger charge is 2.22. The van der Waals surface area contributed by atoms with Gasteiger partial charge in [-0.1, -0.05) is 0 Å². The van der Waals surface area contributed by atoms with E-state index in [4.69, 9.17) is 10.5 Å². The molecule has 5 heteroatoms. The Morgan fingerprint density at radius 2 is 1.78 bits per heavy atom. The molecule has 1 saturated heterocycles. The van der Waals surface area contributed by atoms with Gasteiger partial charge in [-0.25, -0.2) is 0 Å². The lowest BCUT2D eigenvalue weighted by atomic mass is 9.94. The Bertz CT molecular complexity index is 269. The monoisotopic (exact) mass is 255 g/mol. The molecule has 1 heterocycles. The van der Waals surface area contributed by atoms with Gasteiger partial charge in [0.15, 0.2) is 0 Å². The molecule has 1 aliphatic carbocycles. The normalized spacial score (nSPS) is 30.4. The zero-order chi connectivity index (χ0) is 13.0. The maximum absolute atomic E-state index is 12.0. The van der Waals surface area contributed by atoms with Crippen molar-refractivity contribution in [3.63, 3.8) is 0 Å². The summed E-state index contributed by atoms with van der Waals surface area (Å²) in [5.41, 5.74) is 5.85. The minimum atomic E-state index is 0.137. The number of ether oxygens (including phenoxy) is 1. The standard InChI is InChI=1S/C13H25N3O2/c1-15-6-8-16(9-7-15)13(17)10-18-12-4-2-11(14)3-5-12/h11-12H,2-10,14H2,1H3. The van der Waals surface area contributed by atoms with Gasteiger partial charge in [-0.05, 0) is 32.7 Å². The van der Waals surface area contributed by atoms with Gasteiger partial charge in [0.25, 0.3) is 0 Å². The van der Waals surface area contributed by atoms with Gasteiger partial charge >= 0.3 is 0 Å². The molecule has 0 atom stereocenters. The number of rotatable bonds is 3. The summed E-state index contributed by atoms with van der Waals surface area (Å²) < 4.78 is 5.71. The molecule has 1 amide bonds. The second-order valence-electron chi connectivity index (χ2n) is 5.53. The third-order valence-electron chi connectivity index (χ3n) is 4.02. The molecule has 0 aromatic heterocycles. The third kappa shape index (κ3) is 3.93. The van der Waals surface area contributed by atoms with Crippen LogP contribution in [0.15, 0.2) is 0 Å². The number of amides is 1. The first-order valence-corrected chi connectivity index (χ1v) is 6.98. The molecule has 0 radical (unpaired) electrons. The number of likely N-dealkylation sites (N-methyl/N-ethyl adjacent to an activating group) is 1. The summed E-state index contributed by atoms with van der Waals surface area (Å²) in [5, 5.41) is 0. The molecular formula is C13H25N3O2. The minimum absolute atomic E-state index is 0.137. The van der Waals surface area contributed by atoms with Crippen molar-refractivity contribution in [1.29, 1.82) is 0 Å². The van der Waals surface area contributed by atoms with Crippen molar-refractivity contribution < 1.29 is 9.53 Å². The Morgan fingerprint density at radius 1 is 1.17 bits per heavy atom. The fourth-order valence-electron chi connectivity index (χ4n) is 2.59. The summed E-state index contributed by atoms with van der Waals surface area (Å²) in [6, 6.07) is 0.332. The van der Waals surface area contributed by atoms with Crippen LogP contribution < -0.4 is 5.73 Å². The van der Waals surface area contributed by atoms with Crippen LogP contribution in [0.5, 0.6) is 0 Å². The summed E-state index contributed by atoms with van der Waals surface area (Å²) in [7, 11) is 2.09. The second kappa shape index (κ2) is 6.50. The molecule has 2 rings (SSSR count). The van der Waals surface area contributed by atoms with E-state index in [1.54, 1.807) is 0 Å². The van der Waals surface area contributed by atoms with Crippen molar-refractivity contribution in [2.75, 3.05) is 39.8 Å². The van der Waals surface area contributed by atoms with Crippen LogP contribution in [0.2, 0.25) is 0 Å². The number of nitrogens with two attached hydrogens (primary N) is 1. The van der Waals surface area contributed by atoms with E-state index in [1.165, 1.54) is 0 Å². The van der Waals surface area contributed by atoms with Crippen LogP contribution in [0.25, 0.3) is 0 Å². The highest BCUT2D eigenvalue weighted by Crippen LogP contribution is 2.19. The molecule has 5 nitrogen and oxygen atoms in total. The minimum Gasteiger partial charge on any atom is -0.368 e. The number of carbonyl (C=O) groups excluding carboxylic acids is 1. The van der Waals surface area contributed by atoms with E-state index >= 15 is 0 Å². The molecule has 0 aromatic rings. The second-order valence-corrected chi connectivity index (χ2v) is 5.53. The molecule has 2 aliphatic rings. The van der Waals surface area contributed by atoms with Crippen LogP contribution in [0.1, 0.15) is 25.7 Å². The SMILES string of the molecule is CN1CCN(C(=O)COC2CCC(N)CC2)CC1. The first-order valence-electron chi connectivity index (χ1n) is 6.98. The predicted molar refractivity (Wildman–Crippen MR) is 70.3 cm³/mol. The molecule has 0 unspecified atom stereocenters. The highest BCUT2D eigenvalue weighted by atomic mass is 16.5. The summed E-state index contributed by atoms with van der Waals surface area (Å²) in [4.78, 5) is 16.1. The summed E-state index contributed by atoms with van der Waals surface area (Å²) in [5.74, 6) is 0.137. The van der Waals surface area contributed by atoms with Gasteiger partial charge in [0.1, 0.15) is 6.61 Å². The van der Waals surface area contributed by atoms with Gasteiger partial charge in [0, 0.05) is 32.2 Å². The average Bonchev–Trinajstić information content (AvgIpc) is 2.38.